The van der Waals surface area contributed by atoms with Crippen LogP contribution in [-0.4, -0.2) is 63.8 Å². The van der Waals surface area contributed by atoms with Gasteiger partial charge in [-0.25, -0.2) is 8.42 Å². The number of nitrogens with zero attached hydrogens (tertiary/aromatic N) is 2. The first-order chi connectivity index (χ1) is 12.2. The van der Waals surface area contributed by atoms with Crippen LogP contribution in [0.4, 0.5) is 0 Å². The number of carbonyl (C=O) groups excluding carboxylic acids is 1. The molecule has 1 aliphatic rings. The van der Waals surface area contributed by atoms with E-state index in [4.69, 9.17) is 11.6 Å². The molecule has 2 rings (SSSR count). The SMILES string of the molecule is C[C@H](CNC(=O)C1CCN(S(=O)(=O)c2ccc(Cl)cc2)CC1)CN(C)C. The van der Waals surface area contributed by atoms with Crippen molar-refractivity contribution < 1.29 is 13.2 Å². The Hall–Kier alpha value is -1.15. The third-order valence-electron chi connectivity index (χ3n) is 4.58. The van der Waals surface area contributed by atoms with E-state index in [9.17, 15) is 13.2 Å². The van der Waals surface area contributed by atoms with Gasteiger partial charge in [-0.15, -0.1) is 0 Å². The van der Waals surface area contributed by atoms with Gasteiger partial charge in [-0.2, -0.15) is 4.31 Å². The molecule has 0 aromatic heterocycles. The highest BCUT2D eigenvalue weighted by Crippen LogP contribution is 2.24. The molecule has 1 aromatic carbocycles. The van der Waals surface area contributed by atoms with Crippen LogP contribution in [-0.2, 0) is 14.8 Å². The molecule has 1 heterocycles. The molecule has 26 heavy (non-hydrogen) atoms. The normalized spacial score (nSPS) is 18.0. The summed E-state index contributed by atoms with van der Waals surface area (Å²) in [6.45, 7) is 4.37. The van der Waals surface area contributed by atoms with E-state index in [1.54, 1.807) is 12.1 Å². The van der Waals surface area contributed by atoms with Crippen molar-refractivity contribution >= 4 is 27.5 Å². The minimum absolute atomic E-state index is 0.0270. The molecule has 1 N–H and O–H groups in total. The molecule has 1 saturated heterocycles. The van der Waals surface area contributed by atoms with Crippen LogP contribution in [0.25, 0.3) is 0 Å². The summed E-state index contributed by atoms with van der Waals surface area (Å²) in [5.41, 5.74) is 0. The molecule has 1 amide bonds. The number of hydrogen-bond acceptors (Lipinski definition) is 4. The van der Waals surface area contributed by atoms with Crippen LogP contribution >= 0.6 is 11.6 Å². The Labute approximate surface area is 161 Å². The molecule has 1 aromatic rings. The highest BCUT2D eigenvalue weighted by atomic mass is 35.5. The maximum absolute atomic E-state index is 12.7. The predicted octanol–water partition coefficient (Wildman–Crippen LogP) is 2.05. The topological polar surface area (TPSA) is 69.7 Å². The molecule has 146 valence electrons. The number of halogens is 1. The Morgan fingerprint density at radius 1 is 1.27 bits per heavy atom. The highest BCUT2D eigenvalue weighted by Gasteiger charge is 2.32. The Balaban J connectivity index is 1.86. The van der Waals surface area contributed by atoms with Gasteiger partial charge in [-0.05, 0) is 57.1 Å². The van der Waals surface area contributed by atoms with Crippen LogP contribution in [0, 0.1) is 11.8 Å². The molecule has 6 nitrogen and oxygen atoms in total. The van der Waals surface area contributed by atoms with Gasteiger partial charge in [0.15, 0.2) is 0 Å². The molecule has 0 bridgehead atoms. The van der Waals surface area contributed by atoms with E-state index in [1.165, 1.54) is 16.4 Å². The number of sulfonamides is 1. The number of piperidine rings is 1. The zero-order valence-electron chi connectivity index (χ0n) is 15.6. The zero-order chi connectivity index (χ0) is 19.3. The monoisotopic (exact) mass is 401 g/mol. The number of rotatable bonds is 7. The summed E-state index contributed by atoms with van der Waals surface area (Å²) in [7, 11) is 0.489. The van der Waals surface area contributed by atoms with Crippen LogP contribution in [0.15, 0.2) is 29.2 Å². The molecule has 8 heteroatoms. The van der Waals surface area contributed by atoms with Crippen LogP contribution in [0.3, 0.4) is 0 Å². The Morgan fingerprint density at radius 3 is 2.38 bits per heavy atom. The van der Waals surface area contributed by atoms with E-state index in [-0.39, 0.29) is 16.7 Å². The fourth-order valence-electron chi connectivity index (χ4n) is 3.22. The molecule has 1 atom stereocenters. The maximum Gasteiger partial charge on any atom is 0.243 e. The first-order valence-electron chi connectivity index (χ1n) is 8.88. The van der Waals surface area contributed by atoms with E-state index in [2.05, 4.69) is 17.1 Å². The number of hydrogen-bond donors (Lipinski definition) is 1. The van der Waals surface area contributed by atoms with Crippen LogP contribution < -0.4 is 5.32 Å². The Kier molecular flexibility index (Phi) is 7.46. The second-order valence-corrected chi connectivity index (χ2v) is 9.62. The molecule has 0 aliphatic carbocycles. The summed E-state index contributed by atoms with van der Waals surface area (Å²) in [5, 5.41) is 3.50. The van der Waals surface area contributed by atoms with Crippen molar-refractivity contribution in [1.82, 2.24) is 14.5 Å². The zero-order valence-corrected chi connectivity index (χ0v) is 17.2. The van der Waals surface area contributed by atoms with Gasteiger partial charge in [0.2, 0.25) is 15.9 Å². The lowest BCUT2D eigenvalue weighted by Gasteiger charge is -2.30. The molecule has 0 spiro atoms. The molecule has 0 radical (unpaired) electrons. The summed E-state index contributed by atoms with van der Waals surface area (Å²) in [5.74, 6) is 0.275. The van der Waals surface area contributed by atoms with Gasteiger partial charge in [-0.1, -0.05) is 18.5 Å². The van der Waals surface area contributed by atoms with Gasteiger partial charge >= 0.3 is 0 Å². The minimum Gasteiger partial charge on any atom is -0.356 e. The first-order valence-corrected chi connectivity index (χ1v) is 10.7. The van der Waals surface area contributed by atoms with Crippen molar-refractivity contribution in [2.45, 2.75) is 24.7 Å². The maximum atomic E-state index is 12.7. The van der Waals surface area contributed by atoms with E-state index in [0.29, 0.717) is 43.4 Å². The van der Waals surface area contributed by atoms with Gasteiger partial charge in [0.05, 0.1) is 4.90 Å². The van der Waals surface area contributed by atoms with Crippen molar-refractivity contribution in [3.8, 4) is 0 Å². The summed E-state index contributed by atoms with van der Waals surface area (Å²) >= 11 is 5.83. The quantitative estimate of drug-likeness (QED) is 0.759. The molecular weight excluding hydrogens is 374 g/mol. The predicted molar refractivity (Wildman–Crippen MR) is 104 cm³/mol. The third kappa shape index (κ3) is 5.67. The Bertz CT molecular complexity index is 699. The highest BCUT2D eigenvalue weighted by molar-refractivity contribution is 7.89. The standard InChI is InChI=1S/C18H28ClN3O3S/c1-14(13-21(2)3)12-20-18(23)15-8-10-22(11-9-15)26(24,25)17-6-4-16(19)5-7-17/h4-7,14-15H,8-13H2,1-3H3,(H,20,23)/t14-/m1/s1. The average molecular weight is 402 g/mol. The third-order valence-corrected chi connectivity index (χ3v) is 6.74. The van der Waals surface area contributed by atoms with Crippen LogP contribution in [0.2, 0.25) is 5.02 Å². The molecule has 1 fully saturated rings. The number of nitrogens with one attached hydrogen (secondary N) is 1. The summed E-state index contributed by atoms with van der Waals surface area (Å²) in [4.78, 5) is 14.7. The van der Waals surface area contributed by atoms with Crippen LogP contribution in [0.1, 0.15) is 19.8 Å². The lowest BCUT2D eigenvalue weighted by molar-refractivity contribution is -0.126. The second-order valence-electron chi connectivity index (χ2n) is 7.24. The van der Waals surface area contributed by atoms with Crippen molar-refractivity contribution in [3.05, 3.63) is 29.3 Å². The fourth-order valence-corrected chi connectivity index (χ4v) is 4.82. The first kappa shape index (κ1) is 21.2. The number of benzene rings is 1. The largest absolute Gasteiger partial charge is 0.356 e. The molecular formula is C18H28ClN3O3S. The van der Waals surface area contributed by atoms with Crippen molar-refractivity contribution in [1.29, 1.82) is 0 Å². The van der Waals surface area contributed by atoms with E-state index in [0.717, 1.165) is 6.54 Å². The second kappa shape index (κ2) is 9.17. The van der Waals surface area contributed by atoms with Crippen molar-refractivity contribution in [2.24, 2.45) is 11.8 Å². The van der Waals surface area contributed by atoms with E-state index in [1.807, 2.05) is 14.1 Å². The number of carbonyl (C=O) groups is 1. The lowest BCUT2D eigenvalue weighted by atomic mass is 9.97. The fraction of sp³-hybridized carbons (Fsp3) is 0.611. The number of amides is 1. The summed E-state index contributed by atoms with van der Waals surface area (Å²) < 4.78 is 26.8. The van der Waals surface area contributed by atoms with Gasteiger partial charge in [-0.3, -0.25) is 4.79 Å². The van der Waals surface area contributed by atoms with Gasteiger partial charge in [0, 0.05) is 37.1 Å². The van der Waals surface area contributed by atoms with Gasteiger partial charge in [0.1, 0.15) is 0 Å². The minimum atomic E-state index is -3.53. The van der Waals surface area contributed by atoms with Gasteiger partial charge < -0.3 is 10.2 Å². The van der Waals surface area contributed by atoms with Gasteiger partial charge in [0.25, 0.3) is 0 Å². The van der Waals surface area contributed by atoms with Crippen molar-refractivity contribution in [2.75, 3.05) is 40.3 Å². The lowest BCUT2D eigenvalue weighted by Crippen LogP contribution is -2.44. The summed E-state index contributed by atoms with van der Waals surface area (Å²) in [6, 6.07) is 6.18. The average Bonchev–Trinajstić information content (AvgIpc) is 2.59. The van der Waals surface area contributed by atoms with Crippen LogP contribution in [0.5, 0.6) is 0 Å². The van der Waals surface area contributed by atoms with E-state index >= 15 is 0 Å². The Morgan fingerprint density at radius 2 is 1.85 bits per heavy atom. The molecule has 0 saturated carbocycles. The smallest absolute Gasteiger partial charge is 0.243 e. The van der Waals surface area contributed by atoms with Crippen molar-refractivity contribution in [3.63, 3.8) is 0 Å². The van der Waals surface area contributed by atoms with E-state index < -0.39 is 10.0 Å². The molecule has 1 aliphatic heterocycles. The summed E-state index contributed by atoms with van der Waals surface area (Å²) in [6.07, 6.45) is 1.08. The molecule has 0 unspecified atom stereocenters.